The number of carbonyl (C=O) groups excluding carboxylic acids is 1. The maximum Gasteiger partial charge on any atom is 0.407 e. The number of nitrogens with zero attached hydrogens (tertiary/aromatic N) is 3. The van der Waals surface area contributed by atoms with Gasteiger partial charge in [0, 0.05) is 32.3 Å². The Kier molecular flexibility index (Phi) is 7.31. The Hall–Kier alpha value is -3.05. The average molecular weight is 422 g/mol. The predicted molar refractivity (Wildman–Crippen MR) is 101 cm³/mol. The fourth-order valence-corrected chi connectivity index (χ4v) is 3.03. The summed E-state index contributed by atoms with van der Waals surface area (Å²) in [6.07, 6.45) is 0.156. The van der Waals surface area contributed by atoms with E-state index in [2.05, 4.69) is 15.5 Å². The molecular formula is C19H23FN4O6. The zero-order valence-electron chi connectivity index (χ0n) is 16.5. The molecule has 0 aliphatic carbocycles. The lowest BCUT2D eigenvalue weighted by Crippen LogP contribution is -2.40. The number of ether oxygens (including phenoxy) is 2. The van der Waals surface area contributed by atoms with Crippen molar-refractivity contribution in [2.24, 2.45) is 0 Å². The highest BCUT2D eigenvalue weighted by molar-refractivity contribution is 5.94. The van der Waals surface area contributed by atoms with Crippen molar-refractivity contribution in [3.8, 4) is 11.4 Å². The van der Waals surface area contributed by atoms with Gasteiger partial charge in [-0.05, 0) is 25.0 Å². The summed E-state index contributed by atoms with van der Waals surface area (Å²) in [5.41, 5.74) is 0.278. The van der Waals surface area contributed by atoms with Crippen molar-refractivity contribution in [3.05, 3.63) is 35.5 Å². The summed E-state index contributed by atoms with van der Waals surface area (Å²) in [5, 5.41) is 15.3. The highest BCUT2D eigenvalue weighted by Crippen LogP contribution is 2.21. The van der Waals surface area contributed by atoms with Crippen LogP contribution in [0.5, 0.6) is 0 Å². The molecule has 1 aliphatic heterocycles. The van der Waals surface area contributed by atoms with Crippen LogP contribution < -0.4 is 5.32 Å². The summed E-state index contributed by atoms with van der Waals surface area (Å²) in [5.74, 6) is -0.825. The number of rotatable bonds is 8. The average Bonchev–Trinajstić information content (AvgIpc) is 3.21. The van der Waals surface area contributed by atoms with Gasteiger partial charge in [-0.2, -0.15) is 4.98 Å². The van der Waals surface area contributed by atoms with Gasteiger partial charge in [0.2, 0.25) is 5.82 Å². The maximum absolute atomic E-state index is 14.3. The van der Waals surface area contributed by atoms with E-state index in [0.717, 1.165) is 0 Å². The van der Waals surface area contributed by atoms with Gasteiger partial charge in [0.1, 0.15) is 12.4 Å². The predicted octanol–water partition coefficient (Wildman–Crippen LogP) is 1.91. The van der Waals surface area contributed by atoms with Crippen LogP contribution in [0.3, 0.4) is 0 Å². The van der Waals surface area contributed by atoms with Crippen LogP contribution in [0.4, 0.5) is 9.18 Å². The van der Waals surface area contributed by atoms with Crippen molar-refractivity contribution < 1.29 is 33.1 Å². The van der Waals surface area contributed by atoms with Crippen molar-refractivity contribution >= 4 is 12.0 Å². The molecule has 1 aromatic heterocycles. The third-order valence-corrected chi connectivity index (χ3v) is 4.69. The van der Waals surface area contributed by atoms with Gasteiger partial charge in [-0.25, -0.2) is 9.18 Å². The van der Waals surface area contributed by atoms with Gasteiger partial charge < -0.3 is 29.3 Å². The van der Waals surface area contributed by atoms with Gasteiger partial charge in [0.25, 0.3) is 11.8 Å². The fraction of sp³-hybridized carbons (Fsp3) is 0.474. The molecule has 2 N–H and O–H groups in total. The highest BCUT2D eigenvalue weighted by atomic mass is 19.1. The molecule has 0 radical (unpaired) electrons. The van der Waals surface area contributed by atoms with E-state index >= 15 is 0 Å². The molecule has 0 spiro atoms. The van der Waals surface area contributed by atoms with Crippen LogP contribution in [-0.2, 0) is 16.1 Å². The lowest BCUT2D eigenvalue weighted by molar-refractivity contribution is -0.00953. The van der Waals surface area contributed by atoms with Crippen LogP contribution in [0.15, 0.2) is 22.7 Å². The van der Waals surface area contributed by atoms with Gasteiger partial charge in [-0.1, -0.05) is 11.2 Å². The minimum absolute atomic E-state index is 0.0766. The SMILES string of the molecule is COCCNC(=O)c1ccc(-c2noc(COC3CCN(C(=O)O)CC3)n2)cc1F. The van der Waals surface area contributed by atoms with E-state index in [1.807, 2.05) is 0 Å². The molecule has 30 heavy (non-hydrogen) atoms. The Balaban J connectivity index is 1.55. The van der Waals surface area contributed by atoms with E-state index in [1.165, 1.54) is 30.2 Å². The summed E-state index contributed by atoms with van der Waals surface area (Å²) < 4.78 is 30.0. The van der Waals surface area contributed by atoms with Crippen LogP contribution in [0.2, 0.25) is 0 Å². The van der Waals surface area contributed by atoms with E-state index in [9.17, 15) is 14.0 Å². The summed E-state index contributed by atoms with van der Waals surface area (Å²) in [7, 11) is 1.51. The third-order valence-electron chi connectivity index (χ3n) is 4.69. The van der Waals surface area contributed by atoms with Crippen molar-refractivity contribution in [1.82, 2.24) is 20.4 Å². The molecule has 10 nitrogen and oxygen atoms in total. The Morgan fingerprint density at radius 2 is 2.13 bits per heavy atom. The van der Waals surface area contributed by atoms with Crippen LogP contribution in [-0.4, -0.2) is 71.6 Å². The number of benzene rings is 1. The molecular weight excluding hydrogens is 399 g/mol. The largest absolute Gasteiger partial charge is 0.465 e. The topological polar surface area (TPSA) is 127 Å². The Bertz CT molecular complexity index is 882. The first-order chi connectivity index (χ1) is 14.5. The second kappa shape index (κ2) is 10.1. The molecule has 2 heterocycles. The molecule has 0 unspecified atom stereocenters. The number of hydrogen-bond acceptors (Lipinski definition) is 7. The zero-order chi connectivity index (χ0) is 21.5. The lowest BCUT2D eigenvalue weighted by Gasteiger charge is -2.29. The van der Waals surface area contributed by atoms with E-state index < -0.39 is 17.8 Å². The van der Waals surface area contributed by atoms with E-state index in [-0.39, 0.29) is 36.5 Å². The maximum atomic E-state index is 14.3. The molecule has 0 atom stereocenters. The first kappa shape index (κ1) is 21.7. The van der Waals surface area contributed by atoms with Gasteiger partial charge in [0.15, 0.2) is 0 Å². The number of halogens is 1. The fourth-order valence-electron chi connectivity index (χ4n) is 3.03. The van der Waals surface area contributed by atoms with Gasteiger partial charge >= 0.3 is 6.09 Å². The Morgan fingerprint density at radius 1 is 1.37 bits per heavy atom. The molecule has 1 aliphatic rings. The number of carbonyl (C=O) groups is 2. The molecule has 11 heteroatoms. The highest BCUT2D eigenvalue weighted by Gasteiger charge is 2.23. The summed E-state index contributed by atoms with van der Waals surface area (Å²) >= 11 is 0. The standard InChI is InChI=1S/C19H23FN4O6/c1-28-9-6-21-18(25)14-3-2-12(10-15(14)20)17-22-16(30-23-17)11-29-13-4-7-24(8-5-13)19(26)27/h2-3,10,13H,4-9,11H2,1H3,(H,21,25)(H,26,27). The van der Waals surface area contributed by atoms with Crippen LogP contribution in [0.25, 0.3) is 11.4 Å². The van der Waals surface area contributed by atoms with Crippen molar-refractivity contribution in [2.75, 3.05) is 33.4 Å². The number of aromatic nitrogens is 2. The first-order valence-corrected chi connectivity index (χ1v) is 9.47. The number of piperidine rings is 1. The van der Waals surface area contributed by atoms with Crippen LogP contribution in [0.1, 0.15) is 29.1 Å². The smallest absolute Gasteiger partial charge is 0.407 e. The van der Waals surface area contributed by atoms with E-state index in [0.29, 0.717) is 38.1 Å². The van der Waals surface area contributed by atoms with Gasteiger partial charge in [-0.3, -0.25) is 4.79 Å². The molecule has 3 rings (SSSR count). The molecule has 162 valence electrons. The van der Waals surface area contributed by atoms with Crippen LogP contribution in [0, 0.1) is 5.82 Å². The van der Waals surface area contributed by atoms with Crippen molar-refractivity contribution in [3.63, 3.8) is 0 Å². The molecule has 2 aromatic rings. The number of carboxylic acid groups (broad SMARTS) is 1. The molecule has 1 aromatic carbocycles. The number of likely N-dealkylation sites (tertiary alicyclic amines) is 1. The third kappa shape index (κ3) is 5.51. The second-order valence-electron chi connectivity index (χ2n) is 6.74. The molecule has 1 fully saturated rings. The van der Waals surface area contributed by atoms with E-state index in [4.69, 9.17) is 19.1 Å². The zero-order valence-corrected chi connectivity index (χ0v) is 16.5. The Labute approximate surface area is 172 Å². The van der Waals surface area contributed by atoms with E-state index in [1.54, 1.807) is 0 Å². The number of nitrogens with one attached hydrogen (secondary N) is 1. The second-order valence-corrected chi connectivity index (χ2v) is 6.74. The molecule has 0 saturated carbocycles. The first-order valence-electron chi connectivity index (χ1n) is 9.47. The van der Waals surface area contributed by atoms with Crippen molar-refractivity contribution in [2.45, 2.75) is 25.6 Å². The summed E-state index contributed by atoms with van der Waals surface area (Å²) in [6.45, 7) is 1.52. The lowest BCUT2D eigenvalue weighted by atomic mass is 10.1. The number of amides is 2. The van der Waals surface area contributed by atoms with Crippen LogP contribution >= 0.6 is 0 Å². The quantitative estimate of drug-likeness (QED) is 0.618. The Morgan fingerprint density at radius 3 is 2.80 bits per heavy atom. The molecule has 1 saturated heterocycles. The minimum Gasteiger partial charge on any atom is -0.465 e. The normalized spacial score (nSPS) is 14.7. The molecule has 0 bridgehead atoms. The number of hydrogen-bond donors (Lipinski definition) is 2. The summed E-state index contributed by atoms with van der Waals surface area (Å²) in [6, 6.07) is 4.06. The molecule has 2 amide bonds. The minimum atomic E-state index is -0.930. The van der Waals surface area contributed by atoms with Crippen molar-refractivity contribution in [1.29, 1.82) is 0 Å². The monoisotopic (exact) mass is 422 g/mol. The van der Waals surface area contributed by atoms with Gasteiger partial charge in [-0.15, -0.1) is 0 Å². The van der Waals surface area contributed by atoms with Gasteiger partial charge in [0.05, 0.1) is 18.3 Å². The summed E-state index contributed by atoms with van der Waals surface area (Å²) in [4.78, 5) is 28.4. The number of methoxy groups -OCH3 is 1.